The summed E-state index contributed by atoms with van der Waals surface area (Å²) in [6.45, 7) is 4.65. The second-order valence-electron chi connectivity index (χ2n) is 4.50. The van der Waals surface area contributed by atoms with Crippen LogP contribution in [0.3, 0.4) is 0 Å². The van der Waals surface area contributed by atoms with Crippen LogP contribution in [0.4, 0.5) is 11.4 Å². The van der Waals surface area contributed by atoms with Gasteiger partial charge in [-0.3, -0.25) is 15.1 Å². The molecule has 6 nitrogen and oxygen atoms in total. The lowest BCUT2D eigenvalue weighted by atomic mass is 10.2. The Morgan fingerprint density at radius 1 is 1.33 bits per heavy atom. The summed E-state index contributed by atoms with van der Waals surface area (Å²) in [4.78, 5) is 14.9. The average Bonchev–Trinajstić information content (AvgIpc) is 2.45. The summed E-state index contributed by atoms with van der Waals surface area (Å²) in [5.74, 6) is 0.268. The Morgan fingerprint density at radius 2 is 2.14 bits per heavy atom. The van der Waals surface area contributed by atoms with Gasteiger partial charge in [-0.15, -0.1) is 0 Å². The van der Waals surface area contributed by atoms with E-state index in [1.807, 2.05) is 25.1 Å². The number of hydrogen-bond donors (Lipinski definition) is 1. The van der Waals surface area contributed by atoms with Gasteiger partial charge in [0, 0.05) is 23.5 Å². The SMILES string of the molecule is CCOc1cc(NCc2cccc(C)n2)ccc1[N+](=O)[O-]. The number of nitrogens with zero attached hydrogens (tertiary/aromatic N) is 2. The van der Waals surface area contributed by atoms with Crippen molar-refractivity contribution >= 4 is 11.4 Å². The molecule has 1 aromatic carbocycles. The van der Waals surface area contributed by atoms with E-state index in [1.165, 1.54) is 6.07 Å². The maximum absolute atomic E-state index is 10.9. The van der Waals surface area contributed by atoms with Crippen molar-refractivity contribution in [3.05, 3.63) is 57.9 Å². The lowest BCUT2D eigenvalue weighted by Crippen LogP contribution is -2.03. The molecular weight excluding hydrogens is 270 g/mol. The normalized spacial score (nSPS) is 10.2. The molecule has 110 valence electrons. The highest BCUT2D eigenvalue weighted by molar-refractivity contribution is 5.58. The van der Waals surface area contributed by atoms with Crippen molar-refractivity contribution < 1.29 is 9.66 Å². The van der Waals surface area contributed by atoms with E-state index in [1.54, 1.807) is 19.1 Å². The molecule has 0 fully saturated rings. The number of nitro groups is 1. The van der Waals surface area contributed by atoms with Crippen molar-refractivity contribution in [1.82, 2.24) is 4.98 Å². The third-order valence-corrected chi connectivity index (χ3v) is 2.88. The third-order valence-electron chi connectivity index (χ3n) is 2.88. The predicted octanol–water partition coefficient (Wildman–Crippen LogP) is 3.31. The summed E-state index contributed by atoms with van der Waals surface area (Å²) < 4.78 is 5.31. The number of aromatic nitrogens is 1. The summed E-state index contributed by atoms with van der Waals surface area (Å²) in [6, 6.07) is 10.5. The standard InChI is InChI=1S/C15H17N3O3/c1-3-21-15-9-12(7-8-14(15)18(19)20)16-10-13-6-4-5-11(2)17-13/h4-9,16H,3,10H2,1-2H3. The maximum Gasteiger partial charge on any atom is 0.311 e. The molecular formula is C15H17N3O3. The molecule has 6 heteroatoms. The Labute approximate surface area is 122 Å². The predicted molar refractivity (Wildman–Crippen MR) is 80.6 cm³/mol. The molecule has 0 radical (unpaired) electrons. The number of rotatable bonds is 6. The second kappa shape index (κ2) is 6.69. The van der Waals surface area contributed by atoms with Gasteiger partial charge in [0.1, 0.15) is 0 Å². The van der Waals surface area contributed by atoms with E-state index in [-0.39, 0.29) is 11.4 Å². The first kappa shape index (κ1) is 14.8. The van der Waals surface area contributed by atoms with E-state index in [9.17, 15) is 10.1 Å². The van der Waals surface area contributed by atoms with Gasteiger partial charge in [-0.25, -0.2) is 0 Å². The molecule has 0 aliphatic heterocycles. The summed E-state index contributed by atoms with van der Waals surface area (Å²) in [5, 5.41) is 14.1. The maximum atomic E-state index is 10.9. The average molecular weight is 287 g/mol. The molecule has 1 aromatic heterocycles. The number of nitrogens with one attached hydrogen (secondary N) is 1. The first-order valence-corrected chi connectivity index (χ1v) is 6.68. The molecule has 0 aliphatic rings. The number of benzene rings is 1. The minimum atomic E-state index is -0.448. The lowest BCUT2D eigenvalue weighted by Gasteiger charge is -2.09. The molecule has 0 atom stereocenters. The number of nitro benzene ring substituents is 1. The number of pyridine rings is 1. The van der Waals surface area contributed by atoms with Gasteiger partial charge in [0.2, 0.25) is 0 Å². The van der Waals surface area contributed by atoms with Crippen molar-refractivity contribution in [3.8, 4) is 5.75 Å². The van der Waals surface area contributed by atoms with Gasteiger partial charge in [-0.2, -0.15) is 0 Å². The van der Waals surface area contributed by atoms with Gasteiger partial charge in [0.15, 0.2) is 5.75 Å². The molecule has 0 saturated heterocycles. The van der Waals surface area contributed by atoms with Crippen LogP contribution in [0.15, 0.2) is 36.4 Å². The fourth-order valence-electron chi connectivity index (χ4n) is 1.94. The van der Waals surface area contributed by atoms with Crippen LogP contribution >= 0.6 is 0 Å². The molecule has 2 rings (SSSR count). The summed E-state index contributed by atoms with van der Waals surface area (Å²) >= 11 is 0. The molecule has 1 N–H and O–H groups in total. The topological polar surface area (TPSA) is 77.3 Å². The van der Waals surface area contributed by atoms with Gasteiger partial charge in [-0.05, 0) is 32.0 Å². The number of ether oxygens (including phenoxy) is 1. The van der Waals surface area contributed by atoms with Gasteiger partial charge in [0.25, 0.3) is 0 Å². The molecule has 1 heterocycles. The van der Waals surface area contributed by atoms with Crippen molar-refractivity contribution in [3.63, 3.8) is 0 Å². The van der Waals surface area contributed by atoms with Crippen LogP contribution in [0.2, 0.25) is 0 Å². The highest BCUT2D eigenvalue weighted by atomic mass is 16.6. The fourth-order valence-corrected chi connectivity index (χ4v) is 1.94. The van der Waals surface area contributed by atoms with Crippen LogP contribution < -0.4 is 10.1 Å². The van der Waals surface area contributed by atoms with Crippen LogP contribution in [-0.2, 0) is 6.54 Å². The zero-order valence-corrected chi connectivity index (χ0v) is 12.0. The van der Waals surface area contributed by atoms with Crippen LogP contribution in [0, 0.1) is 17.0 Å². The van der Waals surface area contributed by atoms with Crippen LogP contribution in [-0.4, -0.2) is 16.5 Å². The van der Waals surface area contributed by atoms with E-state index in [4.69, 9.17) is 4.74 Å². The van der Waals surface area contributed by atoms with Gasteiger partial charge >= 0.3 is 5.69 Å². The third kappa shape index (κ3) is 3.92. The smallest absolute Gasteiger partial charge is 0.311 e. The molecule has 0 bridgehead atoms. The Morgan fingerprint density at radius 3 is 2.81 bits per heavy atom. The molecule has 0 amide bonds. The zero-order valence-electron chi connectivity index (χ0n) is 12.0. The largest absolute Gasteiger partial charge is 0.487 e. The first-order chi connectivity index (χ1) is 10.1. The van der Waals surface area contributed by atoms with Crippen molar-refractivity contribution in [2.75, 3.05) is 11.9 Å². The fraction of sp³-hybridized carbons (Fsp3) is 0.267. The molecule has 21 heavy (non-hydrogen) atoms. The zero-order chi connectivity index (χ0) is 15.2. The number of anilines is 1. The Hall–Kier alpha value is -2.63. The minimum Gasteiger partial charge on any atom is -0.487 e. The van der Waals surface area contributed by atoms with Gasteiger partial charge in [0.05, 0.1) is 23.8 Å². The summed E-state index contributed by atoms with van der Waals surface area (Å²) in [5.41, 5.74) is 2.59. The van der Waals surface area contributed by atoms with Crippen molar-refractivity contribution in [2.45, 2.75) is 20.4 Å². The Kier molecular flexibility index (Phi) is 4.71. The first-order valence-electron chi connectivity index (χ1n) is 6.68. The van der Waals surface area contributed by atoms with E-state index in [2.05, 4.69) is 10.3 Å². The van der Waals surface area contributed by atoms with E-state index < -0.39 is 4.92 Å². The van der Waals surface area contributed by atoms with E-state index >= 15 is 0 Å². The Bertz CT molecular complexity index is 644. The highest BCUT2D eigenvalue weighted by Crippen LogP contribution is 2.30. The molecule has 0 unspecified atom stereocenters. The molecule has 0 aliphatic carbocycles. The summed E-state index contributed by atoms with van der Waals surface area (Å²) in [7, 11) is 0. The monoisotopic (exact) mass is 287 g/mol. The summed E-state index contributed by atoms with van der Waals surface area (Å²) in [6.07, 6.45) is 0. The van der Waals surface area contributed by atoms with Crippen LogP contribution in [0.5, 0.6) is 5.75 Å². The second-order valence-corrected chi connectivity index (χ2v) is 4.50. The van der Waals surface area contributed by atoms with Crippen molar-refractivity contribution in [2.24, 2.45) is 0 Å². The van der Waals surface area contributed by atoms with E-state index in [0.29, 0.717) is 13.2 Å². The van der Waals surface area contributed by atoms with Gasteiger partial charge < -0.3 is 10.1 Å². The van der Waals surface area contributed by atoms with E-state index in [0.717, 1.165) is 17.1 Å². The highest BCUT2D eigenvalue weighted by Gasteiger charge is 2.15. The minimum absolute atomic E-state index is 0.0314. The molecule has 0 spiro atoms. The lowest BCUT2D eigenvalue weighted by molar-refractivity contribution is -0.385. The molecule has 0 saturated carbocycles. The molecule has 2 aromatic rings. The van der Waals surface area contributed by atoms with Crippen molar-refractivity contribution in [1.29, 1.82) is 0 Å². The quantitative estimate of drug-likeness (QED) is 0.651. The van der Waals surface area contributed by atoms with Crippen LogP contribution in [0.25, 0.3) is 0 Å². The Balaban J connectivity index is 2.13. The van der Waals surface area contributed by atoms with Crippen LogP contribution in [0.1, 0.15) is 18.3 Å². The number of aryl methyl sites for hydroxylation is 1. The van der Waals surface area contributed by atoms with Gasteiger partial charge in [-0.1, -0.05) is 6.07 Å². The number of hydrogen-bond acceptors (Lipinski definition) is 5.